The zero-order valence-electron chi connectivity index (χ0n) is 14.3. The zero-order chi connectivity index (χ0) is 18.4. The van der Waals surface area contributed by atoms with Crippen LogP contribution < -0.4 is 0 Å². The van der Waals surface area contributed by atoms with Gasteiger partial charge in [0.15, 0.2) is 0 Å². The van der Waals surface area contributed by atoms with Gasteiger partial charge < -0.3 is 9.64 Å². The van der Waals surface area contributed by atoms with Gasteiger partial charge in [-0.2, -0.15) is 5.26 Å². The molecule has 1 saturated heterocycles. The van der Waals surface area contributed by atoms with Crippen LogP contribution >= 0.6 is 11.6 Å². The summed E-state index contributed by atoms with van der Waals surface area (Å²) < 4.78 is 5.38. The number of amides is 1. The van der Waals surface area contributed by atoms with Crippen LogP contribution in [0.5, 0.6) is 0 Å². The van der Waals surface area contributed by atoms with Gasteiger partial charge in [0.2, 0.25) is 0 Å². The molecule has 1 heterocycles. The number of carbonyl (C=O) groups excluding carboxylic acids is 1. The highest BCUT2D eigenvalue weighted by Gasteiger charge is 2.28. The summed E-state index contributed by atoms with van der Waals surface area (Å²) in [7, 11) is 0. The van der Waals surface area contributed by atoms with Gasteiger partial charge in [-0.15, -0.1) is 0 Å². The average molecular weight is 370 g/mol. The minimum atomic E-state index is -0.411. The normalized spacial score (nSPS) is 15.9. The molecule has 0 bridgehead atoms. The lowest BCUT2D eigenvalue weighted by molar-refractivity contribution is 0.0661. The average Bonchev–Trinajstić information content (AvgIpc) is 2.69. The molecule has 1 fully saturated rings. The molecule has 5 nitrogen and oxygen atoms in total. The van der Waals surface area contributed by atoms with Crippen molar-refractivity contribution in [2.24, 2.45) is 0 Å². The molecule has 1 unspecified atom stereocenters. The molecule has 1 atom stereocenters. The van der Waals surface area contributed by atoms with Gasteiger partial charge in [-0.1, -0.05) is 60.1 Å². The lowest BCUT2D eigenvalue weighted by Crippen LogP contribution is -2.49. The number of ether oxygens (including phenoxy) is 1. The van der Waals surface area contributed by atoms with Crippen LogP contribution in [0.3, 0.4) is 0 Å². The van der Waals surface area contributed by atoms with Gasteiger partial charge in [-0.3, -0.25) is 4.90 Å². The first kappa shape index (κ1) is 18.2. The lowest BCUT2D eigenvalue weighted by atomic mass is 10.1. The van der Waals surface area contributed by atoms with Crippen LogP contribution in [-0.2, 0) is 11.3 Å². The van der Waals surface area contributed by atoms with Crippen molar-refractivity contribution in [2.75, 3.05) is 26.2 Å². The van der Waals surface area contributed by atoms with E-state index in [1.165, 1.54) is 0 Å². The number of benzene rings is 2. The number of rotatable bonds is 4. The Balaban J connectivity index is 1.54. The Morgan fingerprint density at radius 1 is 1.08 bits per heavy atom. The molecular weight excluding hydrogens is 350 g/mol. The Hall–Kier alpha value is -2.55. The lowest BCUT2D eigenvalue weighted by Gasteiger charge is -2.36. The third kappa shape index (κ3) is 4.34. The van der Waals surface area contributed by atoms with E-state index in [1.54, 1.807) is 11.0 Å². The van der Waals surface area contributed by atoms with Gasteiger partial charge in [-0.25, -0.2) is 4.79 Å². The molecule has 0 aromatic heterocycles. The molecular formula is C20H20ClN3O2. The second-order valence-electron chi connectivity index (χ2n) is 6.12. The van der Waals surface area contributed by atoms with E-state index in [9.17, 15) is 10.1 Å². The number of hydrogen-bond acceptors (Lipinski definition) is 4. The van der Waals surface area contributed by atoms with Crippen molar-refractivity contribution < 1.29 is 9.53 Å². The Bertz CT molecular complexity index is 783. The number of carbonyl (C=O) groups is 1. The third-order valence-electron chi connectivity index (χ3n) is 4.46. The molecule has 134 valence electrons. The first-order valence-corrected chi connectivity index (χ1v) is 8.90. The van der Waals surface area contributed by atoms with Crippen LogP contribution in [0.2, 0.25) is 5.02 Å². The molecule has 1 amide bonds. The Morgan fingerprint density at radius 3 is 2.38 bits per heavy atom. The summed E-state index contributed by atoms with van der Waals surface area (Å²) in [6.07, 6.45) is -0.320. The molecule has 0 aliphatic carbocycles. The zero-order valence-corrected chi connectivity index (χ0v) is 15.1. The maximum atomic E-state index is 12.2. The molecule has 0 radical (unpaired) electrons. The smallest absolute Gasteiger partial charge is 0.410 e. The molecule has 0 spiro atoms. The van der Waals surface area contributed by atoms with E-state index in [0.29, 0.717) is 31.2 Å². The van der Waals surface area contributed by atoms with E-state index in [2.05, 4.69) is 6.07 Å². The number of halogens is 1. The van der Waals surface area contributed by atoms with Gasteiger partial charge in [0.1, 0.15) is 12.6 Å². The van der Waals surface area contributed by atoms with Gasteiger partial charge in [-0.05, 0) is 11.6 Å². The van der Waals surface area contributed by atoms with Crippen molar-refractivity contribution in [1.29, 1.82) is 5.26 Å². The predicted molar refractivity (Wildman–Crippen MR) is 99.6 cm³/mol. The predicted octanol–water partition coefficient (Wildman–Crippen LogP) is 3.86. The Kier molecular flexibility index (Phi) is 6.11. The van der Waals surface area contributed by atoms with E-state index in [1.807, 2.05) is 53.4 Å². The topological polar surface area (TPSA) is 56.6 Å². The van der Waals surface area contributed by atoms with Crippen molar-refractivity contribution in [3.05, 3.63) is 70.7 Å². The highest BCUT2D eigenvalue weighted by Crippen LogP contribution is 2.27. The van der Waals surface area contributed by atoms with Crippen molar-refractivity contribution in [1.82, 2.24) is 9.80 Å². The second-order valence-corrected chi connectivity index (χ2v) is 6.52. The molecule has 0 N–H and O–H groups in total. The minimum absolute atomic E-state index is 0.264. The van der Waals surface area contributed by atoms with Gasteiger partial charge >= 0.3 is 6.09 Å². The number of hydrogen-bond donors (Lipinski definition) is 0. The molecule has 2 aromatic carbocycles. The number of nitrogens with zero attached hydrogens (tertiary/aromatic N) is 3. The van der Waals surface area contributed by atoms with E-state index < -0.39 is 6.04 Å². The van der Waals surface area contributed by atoms with Gasteiger partial charge in [0.25, 0.3) is 0 Å². The van der Waals surface area contributed by atoms with Crippen LogP contribution in [0.1, 0.15) is 17.2 Å². The van der Waals surface area contributed by atoms with Crippen molar-refractivity contribution in [3.63, 3.8) is 0 Å². The van der Waals surface area contributed by atoms with Crippen molar-refractivity contribution >= 4 is 17.7 Å². The Labute approximate surface area is 158 Å². The summed E-state index contributed by atoms with van der Waals surface area (Å²) in [6.45, 7) is 2.51. The fourth-order valence-corrected chi connectivity index (χ4v) is 3.26. The first-order valence-electron chi connectivity index (χ1n) is 8.53. The maximum Gasteiger partial charge on any atom is 0.410 e. The van der Waals surface area contributed by atoms with Crippen LogP contribution in [0.25, 0.3) is 0 Å². The molecule has 1 aliphatic heterocycles. The third-order valence-corrected chi connectivity index (χ3v) is 4.81. The minimum Gasteiger partial charge on any atom is -0.445 e. The molecule has 2 aromatic rings. The quantitative estimate of drug-likeness (QED) is 0.821. The van der Waals surface area contributed by atoms with E-state index in [0.717, 1.165) is 11.1 Å². The SMILES string of the molecule is N#CC(c1ccccc1Cl)N1CCN(C(=O)OCc2ccccc2)CC1. The second kappa shape index (κ2) is 8.70. The van der Waals surface area contributed by atoms with Crippen LogP contribution in [0.15, 0.2) is 54.6 Å². The standard InChI is InChI=1S/C20H20ClN3O2/c21-18-9-5-4-8-17(18)19(14-22)23-10-12-24(13-11-23)20(25)26-15-16-6-2-1-3-7-16/h1-9,19H,10-13,15H2. The highest BCUT2D eigenvalue weighted by molar-refractivity contribution is 6.31. The molecule has 6 heteroatoms. The first-order chi connectivity index (χ1) is 12.7. The summed E-state index contributed by atoms with van der Waals surface area (Å²) in [5.74, 6) is 0. The van der Waals surface area contributed by atoms with E-state index in [4.69, 9.17) is 16.3 Å². The molecule has 3 rings (SSSR count). The summed E-state index contributed by atoms with van der Waals surface area (Å²) in [5, 5.41) is 10.2. The molecule has 0 saturated carbocycles. The van der Waals surface area contributed by atoms with Gasteiger partial charge in [0, 0.05) is 36.8 Å². The summed E-state index contributed by atoms with van der Waals surface area (Å²) in [6, 6.07) is 18.9. The summed E-state index contributed by atoms with van der Waals surface area (Å²) in [4.78, 5) is 16.0. The number of piperazine rings is 1. The summed E-state index contributed by atoms with van der Waals surface area (Å²) in [5.41, 5.74) is 1.76. The monoisotopic (exact) mass is 369 g/mol. The van der Waals surface area contributed by atoms with E-state index in [-0.39, 0.29) is 12.7 Å². The molecule has 1 aliphatic rings. The Morgan fingerprint density at radius 2 is 1.73 bits per heavy atom. The maximum absolute atomic E-state index is 12.2. The largest absolute Gasteiger partial charge is 0.445 e. The van der Waals surface area contributed by atoms with E-state index >= 15 is 0 Å². The fourth-order valence-electron chi connectivity index (χ4n) is 3.02. The molecule has 26 heavy (non-hydrogen) atoms. The number of nitriles is 1. The van der Waals surface area contributed by atoms with Crippen molar-refractivity contribution in [2.45, 2.75) is 12.6 Å². The van der Waals surface area contributed by atoms with Crippen LogP contribution in [0, 0.1) is 11.3 Å². The van der Waals surface area contributed by atoms with Crippen molar-refractivity contribution in [3.8, 4) is 6.07 Å². The van der Waals surface area contributed by atoms with Crippen LogP contribution in [0.4, 0.5) is 4.79 Å². The van der Waals surface area contributed by atoms with Gasteiger partial charge in [0.05, 0.1) is 6.07 Å². The van der Waals surface area contributed by atoms with Crippen LogP contribution in [-0.4, -0.2) is 42.1 Å². The fraction of sp³-hybridized carbons (Fsp3) is 0.300. The highest BCUT2D eigenvalue weighted by atomic mass is 35.5. The summed E-state index contributed by atoms with van der Waals surface area (Å²) >= 11 is 6.23.